The minimum absolute atomic E-state index is 0.367. The summed E-state index contributed by atoms with van der Waals surface area (Å²) in [5, 5.41) is 16.9. The summed E-state index contributed by atoms with van der Waals surface area (Å²) < 4.78 is 5.08. The van der Waals surface area contributed by atoms with Gasteiger partial charge in [-0.05, 0) is 18.8 Å². The minimum atomic E-state index is -0.635. The Kier molecular flexibility index (Phi) is 5.36. The molecule has 0 bridgehead atoms. The Morgan fingerprint density at radius 3 is 2.86 bits per heavy atom. The molecule has 0 aliphatic heterocycles. The van der Waals surface area contributed by atoms with Crippen LogP contribution in [0, 0.1) is 5.92 Å². The molecule has 2 atom stereocenters. The Balaban J connectivity index is 2.03. The summed E-state index contributed by atoms with van der Waals surface area (Å²) in [7, 11) is 3.44. The first-order valence-electron chi connectivity index (χ1n) is 7.55. The van der Waals surface area contributed by atoms with Crippen molar-refractivity contribution in [2.45, 2.75) is 44.8 Å². The van der Waals surface area contributed by atoms with Crippen molar-refractivity contribution in [2.75, 3.05) is 31.3 Å². The van der Waals surface area contributed by atoms with E-state index in [0.29, 0.717) is 30.7 Å². The number of ether oxygens (including phenoxy) is 1. The topological polar surface area (TPSA) is 79.3 Å². The summed E-state index contributed by atoms with van der Waals surface area (Å²) >= 11 is 0. The van der Waals surface area contributed by atoms with E-state index in [1.54, 1.807) is 7.11 Å². The molecule has 2 rings (SSSR count). The number of aliphatic hydroxyl groups is 1. The largest absolute Gasteiger partial charge is 0.388 e. The maximum Gasteiger partial charge on any atom is 0.158 e. The summed E-state index contributed by atoms with van der Waals surface area (Å²) in [5.74, 6) is 2.65. The fourth-order valence-corrected chi connectivity index (χ4v) is 2.96. The summed E-state index contributed by atoms with van der Waals surface area (Å²) in [6.45, 7) is 3.08. The molecule has 0 radical (unpaired) electrons. The van der Waals surface area contributed by atoms with Crippen molar-refractivity contribution < 1.29 is 9.84 Å². The lowest BCUT2D eigenvalue weighted by Crippen LogP contribution is -2.41. The van der Waals surface area contributed by atoms with Gasteiger partial charge in [-0.3, -0.25) is 0 Å². The standard InChI is InChI=1S/C15H26N4O2/c1-11-5-4-6-15(20,8-11)10-17-13-7-12(16-2)18-14(19-13)9-21-3/h7,11,20H,4-6,8-10H2,1-3H3,(H2,16,17,18,19). The third kappa shape index (κ3) is 4.54. The van der Waals surface area contributed by atoms with Gasteiger partial charge in [-0.1, -0.05) is 19.8 Å². The van der Waals surface area contributed by atoms with Crippen molar-refractivity contribution in [3.05, 3.63) is 11.9 Å². The summed E-state index contributed by atoms with van der Waals surface area (Å²) in [4.78, 5) is 8.72. The summed E-state index contributed by atoms with van der Waals surface area (Å²) in [6, 6.07) is 1.84. The molecule has 6 heteroatoms. The molecule has 1 fully saturated rings. The van der Waals surface area contributed by atoms with Crippen LogP contribution >= 0.6 is 0 Å². The van der Waals surface area contributed by atoms with E-state index >= 15 is 0 Å². The second kappa shape index (κ2) is 7.04. The van der Waals surface area contributed by atoms with Gasteiger partial charge < -0.3 is 20.5 Å². The van der Waals surface area contributed by atoms with E-state index < -0.39 is 5.60 Å². The predicted molar refractivity (Wildman–Crippen MR) is 83.4 cm³/mol. The molecule has 1 aliphatic carbocycles. The maximum atomic E-state index is 10.7. The first kappa shape index (κ1) is 16.0. The Labute approximate surface area is 126 Å². The molecule has 6 nitrogen and oxygen atoms in total. The Morgan fingerprint density at radius 1 is 1.43 bits per heavy atom. The van der Waals surface area contributed by atoms with Gasteiger partial charge in [0, 0.05) is 26.8 Å². The molecular weight excluding hydrogens is 268 g/mol. The molecule has 1 aromatic rings. The van der Waals surface area contributed by atoms with Gasteiger partial charge in [0.15, 0.2) is 5.82 Å². The highest BCUT2D eigenvalue weighted by atomic mass is 16.5. The second-order valence-electron chi connectivity index (χ2n) is 6.02. The highest BCUT2D eigenvalue weighted by molar-refractivity contribution is 5.47. The zero-order valence-corrected chi connectivity index (χ0v) is 13.1. The van der Waals surface area contributed by atoms with E-state index in [1.807, 2.05) is 13.1 Å². The first-order valence-corrected chi connectivity index (χ1v) is 7.55. The number of rotatable bonds is 6. The van der Waals surface area contributed by atoms with Crippen LogP contribution < -0.4 is 10.6 Å². The number of nitrogens with one attached hydrogen (secondary N) is 2. The number of hydrogen-bond donors (Lipinski definition) is 3. The van der Waals surface area contributed by atoms with Crippen molar-refractivity contribution in [1.29, 1.82) is 0 Å². The monoisotopic (exact) mass is 294 g/mol. The van der Waals surface area contributed by atoms with Gasteiger partial charge >= 0.3 is 0 Å². The Bertz CT molecular complexity index is 469. The zero-order chi connectivity index (χ0) is 15.3. The summed E-state index contributed by atoms with van der Waals surface area (Å²) in [6.07, 6.45) is 3.98. The Hall–Kier alpha value is -1.40. The highest BCUT2D eigenvalue weighted by Crippen LogP contribution is 2.32. The summed E-state index contributed by atoms with van der Waals surface area (Å²) in [5.41, 5.74) is -0.635. The smallest absolute Gasteiger partial charge is 0.158 e. The fourth-order valence-electron chi connectivity index (χ4n) is 2.96. The molecule has 1 aliphatic rings. The SMILES string of the molecule is CNc1cc(NCC2(O)CCCC(C)C2)nc(COC)n1. The van der Waals surface area contributed by atoms with E-state index in [4.69, 9.17) is 4.74 Å². The molecular formula is C15H26N4O2. The molecule has 0 spiro atoms. The van der Waals surface area contributed by atoms with E-state index in [-0.39, 0.29) is 0 Å². The van der Waals surface area contributed by atoms with Crippen LogP contribution in [0.4, 0.5) is 11.6 Å². The van der Waals surface area contributed by atoms with Gasteiger partial charge in [-0.15, -0.1) is 0 Å². The van der Waals surface area contributed by atoms with Gasteiger partial charge in [0.05, 0.1) is 5.60 Å². The molecule has 1 saturated carbocycles. The number of aromatic nitrogens is 2. The van der Waals surface area contributed by atoms with Crippen molar-refractivity contribution in [2.24, 2.45) is 5.92 Å². The third-order valence-electron chi connectivity index (χ3n) is 3.97. The first-order chi connectivity index (χ1) is 10.0. The molecule has 21 heavy (non-hydrogen) atoms. The Morgan fingerprint density at radius 2 is 2.19 bits per heavy atom. The van der Waals surface area contributed by atoms with Crippen LogP contribution in [-0.4, -0.2) is 41.4 Å². The molecule has 0 amide bonds. The molecule has 1 heterocycles. The average Bonchev–Trinajstić information content (AvgIpc) is 2.45. The van der Waals surface area contributed by atoms with Crippen molar-refractivity contribution in [1.82, 2.24) is 9.97 Å². The van der Waals surface area contributed by atoms with Gasteiger partial charge in [-0.2, -0.15) is 0 Å². The number of methoxy groups -OCH3 is 1. The predicted octanol–water partition coefficient (Wildman–Crippen LogP) is 2.02. The lowest BCUT2D eigenvalue weighted by molar-refractivity contribution is -0.000835. The van der Waals surface area contributed by atoms with Crippen LogP contribution in [0.25, 0.3) is 0 Å². The molecule has 2 unspecified atom stereocenters. The van der Waals surface area contributed by atoms with Crippen LogP contribution in [0.3, 0.4) is 0 Å². The van der Waals surface area contributed by atoms with E-state index in [2.05, 4.69) is 27.5 Å². The van der Waals surface area contributed by atoms with Crippen molar-refractivity contribution in [3.63, 3.8) is 0 Å². The van der Waals surface area contributed by atoms with Gasteiger partial charge in [0.2, 0.25) is 0 Å². The van der Waals surface area contributed by atoms with Crippen LogP contribution in [0.15, 0.2) is 6.07 Å². The molecule has 118 valence electrons. The lowest BCUT2D eigenvalue weighted by atomic mass is 9.79. The van der Waals surface area contributed by atoms with Gasteiger partial charge in [0.25, 0.3) is 0 Å². The number of anilines is 2. The molecule has 1 aromatic heterocycles. The van der Waals surface area contributed by atoms with Crippen LogP contribution in [0.1, 0.15) is 38.4 Å². The highest BCUT2D eigenvalue weighted by Gasteiger charge is 2.32. The van der Waals surface area contributed by atoms with E-state index in [0.717, 1.165) is 25.1 Å². The average molecular weight is 294 g/mol. The third-order valence-corrected chi connectivity index (χ3v) is 3.97. The molecule has 3 N–H and O–H groups in total. The minimum Gasteiger partial charge on any atom is -0.388 e. The quantitative estimate of drug-likeness (QED) is 0.745. The van der Waals surface area contributed by atoms with E-state index in [9.17, 15) is 5.11 Å². The van der Waals surface area contributed by atoms with Gasteiger partial charge in [0.1, 0.15) is 18.2 Å². The van der Waals surface area contributed by atoms with E-state index in [1.165, 1.54) is 6.42 Å². The van der Waals surface area contributed by atoms with Crippen LogP contribution in [-0.2, 0) is 11.3 Å². The van der Waals surface area contributed by atoms with Crippen LogP contribution in [0.2, 0.25) is 0 Å². The lowest BCUT2D eigenvalue weighted by Gasteiger charge is -2.35. The normalized spacial score (nSPS) is 25.6. The maximum absolute atomic E-state index is 10.7. The molecule has 0 aromatic carbocycles. The number of nitrogens with zero attached hydrogens (tertiary/aromatic N) is 2. The number of hydrogen-bond acceptors (Lipinski definition) is 6. The van der Waals surface area contributed by atoms with Crippen molar-refractivity contribution in [3.8, 4) is 0 Å². The fraction of sp³-hybridized carbons (Fsp3) is 0.733. The molecule has 0 saturated heterocycles. The van der Waals surface area contributed by atoms with Gasteiger partial charge in [-0.25, -0.2) is 9.97 Å². The van der Waals surface area contributed by atoms with Crippen LogP contribution in [0.5, 0.6) is 0 Å². The zero-order valence-electron chi connectivity index (χ0n) is 13.1. The second-order valence-corrected chi connectivity index (χ2v) is 6.02. The van der Waals surface area contributed by atoms with Crippen molar-refractivity contribution >= 4 is 11.6 Å².